The van der Waals surface area contributed by atoms with Gasteiger partial charge in [-0.25, -0.2) is 4.79 Å². The van der Waals surface area contributed by atoms with Crippen LogP contribution in [-0.4, -0.2) is 76.1 Å². The van der Waals surface area contributed by atoms with E-state index in [1.807, 2.05) is 17.2 Å². The normalized spacial score (nSPS) is 20.5. The SMILES string of the molecule is N=C(N)c1cccc(N2CC(CO)CN(CC3CCN(Cc4cnccn4)CC3)C2=O)c1. The fourth-order valence-electron chi connectivity index (χ4n) is 4.56. The molecule has 1 unspecified atom stereocenters. The van der Waals surface area contributed by atoms with E-state index in [1.54, 1.807) is 35.5 Å². The number of benzene rings is 1. The number of nitrogens with zero attached hydrogens (tertiary/aromatic N) is 5. The minimum absolute atomic E-state index is 0.00886. The fourth-order valence-corrected chi connectivity index (χ4v) is 4.56. The van der Waals surface area contributed by atoms with Crippen LogP contribution in [0.3, 0.4) is 0 Å². The van der Waals surface area contributed by atoms with Crippen LogP contribution in [0.4, 0.5) is 10.5 Å². The standard InChI is InChI=1S/C23H31N7O2/c24-22(25)19-2-1-3-21(10-19)30-14-18(16-31)13-29(23(30)32)12-17-4-8-28(9-5-17)15-20-11-26-6-7-27-20/h1-3,6-7,10-11,17-18,31H,4-5,8-9,12-16H2,(H3,24,25). The Morgan fingerprint density at radius 2 is 2.00 bits per heavy atom. The van der Waals surface area contributed by atoms with Crippen molar-refractivity contribution in [1.29, 1.82) is 5.41 Å². The summed E-state index contributed by atoms with van der Waals surface area (Å²) in [6, 6.07) is 7.14. The van der Waals surface area contributed by atoms with Crippen LogP contribution in [0.15, 0.2) is 42.9 Å². The number of aliphatic hydroxyl groups excluding tert-OH is 1. The van der Waals surface area contributed by atoms with Gasteiger partial charge in [0, 0.05) is 68.5 Å². The number of nitrogen functional groups attached to an aromatic ring is 1. The average molecular weight is 438 g/mol. The number of aromatic nitrogens is 2. The predicted octanol–water partition coefficient (Wildman–Crippen LogP) is 1.52. The van der Waals surface area contributed by atoms with Crippen LogP contribution in [-0.2, 0) is 6.54 Å². The third-order valence-corrected chi connectivity index (χ3v) is 6.34. The number of amidine groups is 1. The third-order valence-electron chi connectivity index (χ3n) is 6.34. The summed E-state index contributed by atoms with van der Waals surface area (Å²) in [5.41, 5.74) is 7.91. The van der Waals surface area contributed by atoms with Gasteiger partial charge in [0.15, 0.2) is 0 Å². The van der Waals surface area contributed by atoms with Gasteiger partial charge in [0.05, 0.1) is 5.69 Å². The number of rotatable bonds is 7. The summed E-state index contributed by atoms with van der Waals surface area (Å²) in [5, 5.41) is 17.5. The number of anilines is 1. The number of carbonyl (C=O) groups is 1. The third kappa shape index (κ3) is 5.23. The number of hydrogen-bond donors (Lipinski definition) is 3. The van der Waals surface area contributed by atoms with Gasteiger partial charge in [0.1, 0.15) is 5.84 Å². The summed E-state index contributed by atoms with van der Waals surface area (Å²) in [7, 11) is 0. The summed E-state index contributed by atoms with van der Waals surface area (Å²) in [4.78, 5) is 27.8. The smallest absolute Gasteiger partial charge is 0.324 e. The molecule has 170 valence electrons. The largest absolute Gasteiger partial charge is 0.396 e. The average Bonchev–Trinajstić information content (AvgIpc) is 2.82. The molecular formula is C23H31N7O2. The molecule has 9 nitrogen and oxygen atoms in total. The van der Waals surface area contributed by atoms with E-state index in [4.69, 9.17) is 11.1 Å². The van der Waals surface area contributed by atoms with Gasteiger partial charge in [-0.3, -0.25) is 25.2 Å². The topological polar surface area (TPSA) is 123 Å². The molecule has 4 N–H and O–H groups in total. The molecule has 2 amide bonds. The highest BCUT2D eigenvalue weighted by Crippen LogP contribution is 2.26. The summed E-state index contributed by atoms with van der Waals surface area (Å²) in [5.74, 6) is 0.394. The van der Waals surface area contributed by atoms with Crippen molar-refractivity contribution in [3.8, 4) is 0 Å². The molecule has 32 heavy (non-hydrogen) atoms. The Kier molecular flexibility index (Phi) is 6.96. The first-order valence-electron chi connectivity index (χ1n) is 11.1. The number of piperidine rings is 1. The van der Waals surface area contributed by atoms with Crippen LogP contribution in [0, 0.1) is 17.2 Å². The summed E-state index contributed by atoms with van der Waals surface area (Å²) in [6.07, 6.45) is 7.26. The van der Waals surface area contributed by atoms with E-state index in [0.717, 1.165) is 38.2 Å². The number of likely N-dealkylation sites (tertiary alicyclic amines) is 1. The minimum Gasteiger partial charge on any atom is -0.396 e. The fraction of sp³-hybridized carbons (Fsp3) is 0.478. The molecule has 2 aliphatic heterocycles. The number of amides is 2. The molecule has 9 heteroatoms. The van der Waals surface area contributed by atoms with Gasteiger partial charge in [0.25, 0.3) is 0 Å². The molecule has 2 aliphatic rings. The lowest BCUT2D eigenvalue weighted by Gasteiger charge is -2.42. The van der Waals surface area contributed by atoms with E-state index < -0.39 is 0 Å². The maximum absolute atomic E-state index is 13.3. The van der Waals surface area contributed by atoms with E-state index in [-0.39, 0.29) is 24.4 Å². The molecule has 4 rings (SSSR count). The zero-order chi connectivity index (χ0) is 22.5. The zero-order valence-electron chi connectivity index (χ0n) is 18.2. The van der Waals surface area contributed by atoms with Crippen LogP contribution in [0.1, 0.15) is 24.1 Å². The zero-order valence-corrected chi connectivity index (χ0v) is 18.2. The van der Waals surface area contributed by atoms with E-state index in [0.29, 0.717) is 36.8 Å². The molecular weight excluding hydrogens is 406 g/mol. The second-order valence-electron chi connectivity index (χ2n) is 8.73. The highest BCUT2D eigenvalue weighted by atomic mass is 16.3. The van der Waals surface area contributed by atoms with E-state index in [2.05, 4.69) is 14.9 Å². The molecule has 3 heterocycles. The molecule has 0 aliphatic carbocycles. The molecule has 1 atom stereocenters. The Labute approximate surface area is 188 Å². The molecule has 0 radical (unpaired) electrons. The summed E-state index contributed by atoms with van der Waals surface area (Å²) in [6.45, 7) is 4.49. The molecule has 0 spiro atoms. The Hall–Kier alpha value is -3.04. The van der Waals surface area contributed by atoms with Crippen molar-refractivity contribution in [3.63, 3.8) is 0 Å². The molecule has 0 saturated carbocycles. The predicted molar refractivity (Wildman–Crippen MR) is 122 cm³/mol. The first kappa shape index (κ1) is 22.2. The van der Waals surface area contributed by atoms with Crippen molar-refractivity contribution in [2.45, 2.75) is 19.4 Å². The highest BCUT2D eigenvalue weighted by molar-refractivity contribution is 5.98. The number of nitrogens with two attached hydrogens (primary N) is 1. The lowest BCUT2D eigenvalue weighted by atomic mass is 9.95. The Morgan fingerprint density at radius 1 is 1.19 bits per heavy atom. The second kappa shape index (κ2) is 10.1. The van der Waals surface area contributed by atoms with Crippen molar-refractivity contribution >= 4 is 17.6 Å². The van der Waals surface area contributed by atoms with E-state index >= 15 is 0 Å². The van der Waals surface area contributed by atoms with Crippen molar-refractivity contribution in [2.75, 3.05) is 44.2 Å². The quantitative estimate of drug-likeness (QED) is 0.446. The highest BCUT2D eigenvalue weighted by Gasteiger charge is 2.34. The van der Waals surface area contributed by atoms with Gasteiger partial charge in [-0.1, -0.05) is 12.1 Å². The van der Waals surface area contributed by atoms with Crippen molar-refractivity contribution in [3.05, 3.63) is 54.1 Å². The lowest BCUT2D eigenvalue weighted by molar-refractivity contribution is 0.114. The first-order valence-corrected chi connectivity index (χ1v) is 11.1. The van der Waals surface area contributed by atoms with Gasteiger partial charge in [-0.15, -0.1) is 0 Å². The van der Waals surface area contributed by atoms with Gasteiger partial charge >= 0.3 is 6.03 Å². The molecule has 2 aromatic rings. The van der Waals surface area contributed by atoms with Crippen molar-refractivity contribution in [1.82, 2.24) is 19.8 Å². The van der Waals surface area contributed by atoms with Gasteiger partial charge < -0.3 is 15.7 Å². The van der Waals surface area contributed by atoms with Gasteiger partial charge in [0.2, 0.25) is 0 Å². The molecule has 2 saturated heterocycles. The van der Waals surface area contributed by atoms with Crippen molar-refractivity contribution in [2.24, 2.45) is 17.6 Å². The summed E-state index contributed by atoms with van der Waals surface area (Å²) < 4.78 is 0. The Bertz CT molecular complexity index is 931. The Balaban J connectivity index is 1.38. The monoisotopic (exact) mass is 437 g/mol. The van der Waals surface area contributed by atoms with Crippen LogP contribution >= 0.6 is 0 Å². The summed E-state index contributed by atoms with van der Waals surface area (Å²) >= 11 is 0. The minimum atomic E-state index is -0.0441. The van der Waals surface area contributed by atoms with E-state index in [9.17, 15) is 9.90 Å². The van der Waals surface area contributed by atoms with Crippen molar-refractivity contribution < 1.29 is 9.90 Å². The molecule has 2 fully saturated rings. The molecule has 0 bridgehead atoms. The van der Waals surface area contributed by atoms with Crippen LogP contribution < -0.4 is 10.6 Å². The lowest BCUT2D eigenvalue weighted by Crippen LogP contribution is -2.56. The number of carbonyl (C=O) groups excluding carboxylic acids is 1. The Morgan fingerprint density at radius 3 is 2.69 bits per heavy atom. The number of urea groups is 1. The number of aliphatic hydroxyl groups is 1. The molecule has 1 aromatic heterocycles. The maximum atomic E-state index is 13.3. The number of nitrogens with one attached hydrogen (secondary N) is 1. The van der Waals surface area contributed by atoms with Gasteiger partial charge in [-0.2, -0.15) is 0 Å². The second-order valence-corrected chi connectivity index (χ2v) is 8.73. The number of hydrogen-bond acceptors (Lipinski definition) is 6. The van der Waals surface area contributed by atoms with Gasteiger partial charge in [-0.05, 0) is 44.0 Å². The van der Waals surface area contributed by atoms with Crippen LogP contribution in [0.25, 0.3) is 0 Å². The first-order chi connectivity index (χ1) is 15.5. The maximum Gasteiger partial charge on any atom is 0.324 e. The van der Waals surface area contributed by atoms with E-state index in [1.165, 1.54) is 0 Å². The van der Waals surface area contributed by atoms with Crippen LogP contribution in [0.5, 0.6) is 0 Å². The van der Waals surface area contributed by atoms with Crippen LogP contribution in [0.2, 0.25) is 0 Å². The molecule has 1 aromatic carbocycles.